The van der Waals surface area contributed by atoms with Gasteiger partial charge < -0.3 is 5.73 Å². The van der Waals surface area contributed by atoms with Crippen LogP contribution < -0.4 is 5.73 Å². The fourth-order valence-electron chi connectivity index (χ4n) is 1.95. The van der Waals surface area contributed by atoms with Crippen molar-refractivity contribution in [1.29, 1.82) is 0 Å². The number of fused-ring (bicyclic) bond motifs is 1. The molecule has 3 aromatic rings. The first kappa shape index (κ1) is 14.3. The molecule has 0 saturated carbocycles. The van der Waals surface area contributed by atoms with Gasteiger partial charge in [0, 0.05) is 37.6 Å². The van der Waals surface area contributed by atoms with Crippen molar-refractivity contribution in [3.8, 4) is 0 Å². The summed E-state index contributed by atoms with van der Waals surface area (Å²) in [5, 5.41) is 0.789. The Hall–Kier alpha value is -1.66. The van der Waals surface area contributed by atoms with Crippen LogP contribution in [-0.2, 0) is 0 Å². The third kappa shape index (κ3) is 2.87. The van der Waals surface area contributed by atoms with Crippen molar-refractivity contribution >= 4 is 44.3 Å². The van der Waals surface area contributed by atoms with Gasteiger partial charge in [-0.25, -0.2) is 8.78 Å². The van der Waals surface area contributed by atoms with E-state index in [-0.39, 0.29) is 0 Å². The van der Waals surface area contributed by atoms with Crippen LogP contribution in [0.2, 0.25) is 0 Å². The van der Waals surface area contributed by atoms with Gasteiger partial charge in [-0.2, -0.15) is 0 Å². The van der Waals surface area contributed by atoms with Gasteiger partial charge in [0.15, 0.2) is 0 Å². The molecule has 0 amide bonds. The number of aromatic nitrogens is 1. The predicted molar refractivity (Wildman–Crippen MR) is 84.3 cm³/mol. The molecule has 0 atom stereocenters. The lowest BCUT2D eigenvalue weighted by atomic mass is 10.2. The first-order chi connectivity index (χ1) is 10.0. The van der Waals surface area contributed by atoms with Crippen LogP contribution >= 0.6 is 27.7 Å². The molecule has 0 radical (unpaired) electrons. The summed E-state index contributed by atoms with van der Waals surface area (Å²) in [5.74, 6) is -1.19. The van der Waals surface area contributed by atoms with Gasteiger partial charge in [-0.05, 0) is 46.3 Å². The number of hydrogen-bond donors (Lipinski definition) is 1. The van der Waals surface area contributed by atoms with Gasteiger partial charge in [0.25, 0.3) is 0 Å². The summed E-state index contributed by atoms with van der Waals surface area (Å²) in [7, 11) is 0. The van der Waals surface area contributed by atoms with Crippen molar-refractivity contribution in [2.24, 2.45) is 0 Å². The molecule has 0 fully saturated rings. The van der Waals surface area contributed by atoms with Crippen LogP contribution in [0.5, 0.6) is 0 Å². The number of benzene rings is 2. The predicted octanol–water partition coefficient (Wildman–Crippen LogP) is 5.01. The fraction of sp³-hybridized carbons (Fsp3) is 0. The highest BCUT2D eigenvalue weighted by Gasteiger charge is 2.11. The van der Waals surface area contributed by atoms with Crippen molar-refractivity contribution in [1.82, 2.24) is 4.98 Å². The molecule has 0 aliphatic carbocycles. The summed E-state index contributed by atoms with van der Waals surface area (Å²) in [6.45, 7) is 0. The van der Waals surface area contributed by atoms with Crippen molar-refractivity contribution in [3.05, 3.63) is 58.7 Å². The lowest BCUT2D eigenvalue weighted by Gasteiger charge is -2.09. The number of nitrogen functional groups attached to an aromatic ring is 1. The zero-order valence-electron chi connectivity index (χ0n) is 10.6. The maximum atomic E-state index is 13.8. The average Bonchev–Trinajstić information content (AvgIpc) is 2.45. The van der Waals surface area contributed by atoms with Crippen LogP contribution in [0.4, 0.5) is 14.5 Å². The van der Waals surface area contributed by atoms with Crippen molar-refractivity contribution in [2.75, 3.05) is 5.73 Å². The molecule has 2 nitrogen and oxygen atoms in total. The topological polar surface area (TPSA) is 38.9 Å². The summed E-state index contributed by atoms with van der Waals surface area (Å²) in [6, 6.07) is 8.91. The smallest absolute Gasteiger partial charge is 0.140 e. The minimum Gasteiger partial charge on any atom is -0.398 e. The summed E-state index contributed by atoms with van der Waals surface area (Å²) < 4.78 is 27.5. The molecule has 2 aromatic carbocycles. The molecule has 0 unspecified atom stereocenters. The summed E-state index contributed by atoms with van der Waals surface area (Å²) in [4.78, 5) is 5.44. The van der Waals surface area contributed by atoms with Crippen LogP contribution in [0.3, 0.4) is 0 Å². The number of nitrogens with zero attached hydrogens (tertiary/aromatic N) is 1. The first-order valence-electron chi connectivity index (χ1n) is 6.01. The number of halogens is 3. The maximum absolute atomic E-state index is 13.8. The number of rotatable bonds is 2. The van der Waals surface area contributed by atoms with Crippen molar-refractivity contribution in [2.45, 2.75) is 9.79 Å². The second kappa shape index (κ2) is 5.61. The number of pyridine rings is 1. The number of hydrogen-bond acceptors (Lipinski definition) is 3. The second-order valence-corrected chi connectivity index (χ2v) is 6.38. The van der Waals surface area contributed by atoms with Crippen LogP contribution in [0, 0.1) is 11.6 Å². The van der Waals surface area contributed by atoms with Gasteiger partial charge in [0.1, 0.15) is 11.6 Å². The standard InChI is InChI=1S/C15H9BrF2N2S/c16-8-5-10-12(19)2-4-14(15(10)20-7-8)21-13-3-1-9(17)6-11(13)18/h1-7H,19H2. The molecule has 1 aromatic heterocycles. The fourth-order valence-corrected chi connectivity index (χ4v) is 3.20. The van der Waals surface area contributed by atoms with Crippen molar-refractivity contribution < 1.29 is 8.78 Å². The first-order valence-corrected chi connectivity index (χ1v) is 7.62. The lowest BCUT2D eigenvalue weighted by Crippen LogP contribution is -1.91. The van der Waals surface area contributed by atoms with E-state index in [0.717, 1.165) is 20.8 Å². The molecule has 21 heavy (non-hydrogen) atoms. The highest BCUT2D eigenvalue weighted by molar-refractivity contribution is 9.10. The molecule has 0 aliphatic rings. The zero-order chi connectivity index (χ0) is 15.0. The third-order valence-corrected chi connectivity index (χ3v) is 4.46. The SMILES string of the molecule is Nc1ccc(Sc2ccc(F)cc2F)c2ncc(Br)cc12. The van der Waals surface area contributed by atoms with E-state index in [1.54, 1.807) is 18.3 Å². The van der Waals surface area contributed by atoms with E-state index in [1.807, 2.05) is 6.07 Å². The Labute approximate surface area is 132 Å². The molecule has 0 bridgehead atoms. The van der Waals surface area contributed by atoms with E-state index in [0.29, 0.717) is 16.1 Å². The van der Waals surface area contributed by atoms with E-state index in [2.05, 4.69) is 20.9 Å². The summed E-state index contributed by atoms with van der Waals surface area (Å²) in [6.07, 6.45) is 1.66. The Morgan fingerprint density at radius 3 is 2.57 bits per heavy atom. The van der Waals surface area contributed by atoms with E-state index in [1.165, 1.54) is 23.9 Å². The maximum Gasteiger partial charge on any atom is 0.140 e. The lowest BCUT2D eigenvalue weighted by molar-refractivity contribution is 0.566. The number of nitrogens with two attached hydrogens (primary N) is 1. The molecule has 2 N–H and O–H groups in total. The van der Waals surface area contributed by atoms with Gasteiger partial charge in [-0.1, -0.05) is 11.8 Å². The Bertz CT molecular complexity index is 839. The van der Waals surface area contributed by atoms with Crippen LogP contribution in [-0.4, -0.2) is 4.98 Å². The molecular weight excluding hydrogens is 358 g/mol. The van der Waals surface area contributed by atoms with Crippen LogP contribution in [0.25, 0.3) is 10.9 Å². The second-order valence-electron chi connectivity index (χ2n) is 4.38. The van der Waals surface area contributed by atoms with Gasteiger partial charge >= 0.3 is 0 Å². The van der Waals surface area contributed by atoms with E-state index >= 15 is 0 Å². The molecule has 0 spiro atoms. The highest BCUT2D eigenvalue weighted by atomic mass is 79.9. The normalized spacial score (nSPS) is 11.0. The molecule has 106 valence electrons. The zero-order valence-corrected chi connectivity index (χ0v) is 13.0. The van der Waals surface area contributed by atoms with Gasteiger partial charge in [-0.15, -0.1) is 0 Å². The van der Waals surface area contributed by atoms with Crippen LogP contribution in [0.1, 0.15) is 0 Å². The molecule has 1 heterocycles. The minimum atomic E-state index is -0.596. The Balaban J connectivity index is 2.11. The highest BCUT2D eigenvalue weighted by Crippen LogP contribution is 2.36. The van der Waals surface area contributed by atoms with Gasteiger partial charge in [0.2, 0.25) is 0 Å². The third-order valence-electron chi connectivity index (χ3n) is 2.93. The van der Waals surface area contributed by atoms with Crippen LogP contribution in [0.15, 0.2) is 56.9 Å². The van der Waals surface area contributed by atoms with Gasteiger partial charge in [0.05, 0.1) is 5.52 Å². The number of anilines is 1. The minimum absolute atomic E-state index is 0.340. The van der Waals surface area contributed by atoms with E-state index < -0.39 is 11.6 Å². The van der Waals surface area contributed by atoms with Gasteiger partial charge in [-0.3, -0.25) is 4.98 Å². The van der Waals surface area contributed by atoms with E-state index in [4.69, 9.17) is 5.73 Å². The quantitative estimate of drug-likeness (QED) is 0.648. The molecular formula is C15H9BrF2N2S. The monoisotopic (exact) mass is 366 g/mol. The molecule has 3 rings (SSSR count). The Morgan fingerprint density at radius 2 is 1.81 bits per heavy atom. The van der Waals surface area contributed by atoms with E-state index in [9.17, 15) is 8.78 Å². The molecule has 0 aliphatic heterocycles. The molecule has 0 saturated heterocycles. The van der Waals surface area contributed by atoms with Crippen molar-refractivity contribution in [3.63, 3.8) is 0 Å². The summed E-state index contributed by atoms with van der Waals surface area (Å²) >= 11 is 4.54. The average molecular weight is 367 g/mol. The Morgan fingerprint density at radius 1 is 1.05 bits per heavy atom. The largest absolute Gasteiger partial charge is 0.398 e. The Kier molecular flexibility index (Phi) is 3.82. The summed E-state index contributed by atoms with van der Waals surface area (Å²) in [5.41, 5.74) is 7.23. The molecule has 6 heteroatoms.